The minimum Gasteiger partial charge on any atom is -0.370 e. The van der Waals surface area contributed by atoms with Crippen LogP contribution in [0.15, 0.2) is 17.1 Å². The number of nitrogens with one attached hydrogen (secondary N) is 1. The topological polar surface area (TPSA) is 50.2 Å². The standard InChI is InChI=1S/C15H24N4O/c1-12-4-3-7-18(10-12)14-8-15(20)19(17-9-14)11-13-5-2-6-16-13/h8-9,12-13,16H,2-7,10-11H2,1H3. The van der Waals surface area contributed by atoms with Gasteiger partial charge in [0.1, 0.15) is 0 Å². The molecule has 110 valence electrons. The summed E-state index contributed by atoms with van der Waals surface area (Å²) < 4.78 is 1.60. The van der Waals surface area contributed by atoms with E-state index >= 15 is 0 Å². The van der Waals surface area contributed by atoms with Crippen LogP contribution in [0.4, 0.5) is 5.69 Å². The van der Waals surface area contributed by atoms with E-state index in [4.69, 9.17) is 0 Å². The Bertz CT molecular complexity index is 507. The van der Waals surface area contributed by atoms with Crippen molar-refractivity contribution in [3.8, 4) is 0 Å². The van der Waals surface area contributed by atoms with Gasteiger partial charge in [0, 0.05) is 25.2 Å². The lowest BCUT2D eigenvalue weighted by atomic mass is 10.00. The molecule has 2 fully saturated rings. The molecule has 3 rings (SSSR count). The minimum absolute atomic E-state index is 0.0226. The van der Waals surface area contributed by atoms with E-state index in [0.29, 0.717) is 18.5 Å². The van der Waals surface area contributed by atoms with Gasteiger partial charge in [0.2, 0.25) is 0 Å². The van der Waals surface area contributed by atoms with Gasteiger partial charge >= 0.3 is 0 Å². The van der Waals surface area contributed by atoms with Crippen molar-refractivity contribution in [2.75, 3.05) is 24.5 Å². The molecular formula is C15H24N4O. The summed E-state index contributed by atoms with van der Waals surface area (Å²) in [6, 6.07) is 2.15. The Balaban J connectivity index is 1.71. The maximum absolute atomic E-state index is 12.2. The van der Waals surface area contributed by atoms with E-state index in [1.165, 1.54) is 19.3 Å². The average molecular weight is 276 g/mol. The van der Waals surface area contributed by atoms with Gasteiger partial charge in [-0.2, -0.15) is 5.10 Å². The van der Waals surface area contributed by atoms with Crippen molar-refractivity contribution < 1.29 is 0 Å². The molecule has 0 aliphatic carbocycles. The Morgan fingerprint density at radius 2 is 2.30 bits per heavy atom. The van der Waals surface area contributed by atoms with Crippen LogP contribution in [0.5, 0.6) is 0 Å². The number of rotatable bonds is 3. The fourth-order valence-corrected chi connectivity index (χ4v) is 3.28. The zero-order chi connectivity index (χ0) is 13.9. The number of hydrogen-bond acceptors (Lipinski definition) is 4. The van der Waals surface area contributed by atoms with E-state index in [9.17, 15) is 4.79 Å². The highest BCUT2D eigenvalue weighted by Gasteiger charge is 2.19. The predicted octanol–water partition coefficient (Wildman–Crippen LogP) is 1.23. The highest BCUT2D eigenvalue weighted by atomic mass is 16.1. The second-order valence-electron chi connectivity index (χ2n) is 6.22. The highest BCUT2D eigenvalue weighted by Crippen LogP contribution is 2.20. The van der Waals surface area contributed by atoms with Crippen LogP contribution in [-0.2, 0) is 6.54 Å². The van der Waals surface area contributed by atoms with Gasteiger partial charge in [-0.1, -0.05) is 6.92 Å². The lowest BCUT2D eigenvalue weighted by molar-refractivity contribution is 0.441. The highest BCUT2D eigenvalue weighted by molar-refractivity contribution is 5.43. The molecule has 2 aliphatic rings. The number of piperidine rings is 1. The largest absolute Gasteiger partial charge is 0.370 e. The molecule has 1 aromatic heterocycles. The van der Waals surface area contributed by atoms with Crippen molar-refractivity contribution in [1.82, 2.24) is 15.1 Å². The predicted molar refractivity (Wildman–Crippen MR) is 80.1 cm³/mol. The summed E-state index contributed by atoms with van der Waals surface area (Å²) in [6.45, 7) is 6.10. The van der Waals surface area contributed by atoms with E-state index in [2.05, 4.69) is 22.2 Å². The first kappa shape index (κ1) is 13.6. The molecule has 5 nitrogen and oxygen atoms in total. The molecule has 2 saturated heterocycles. The molecule has 2 unspecified atom stereocenters. The first-order chi connectivity index (χ1) is 9.72. The zero-order valence-electron chi connectivity index (χ0n) is 12.2. The van der Waals surface area contributed by atoms with Crippen molar-refractivity contribution in [1.29, 1.82) is 0 Å². The molecule has 0 bridgehead atoms. The van der Waals surface area contributed by atoms with E-state index in [1.807, 2.05) is 6.20 Å². The number of hydrogen-bond donors (Lipinski definition) is 1. The van der Waals surface area contributed by atoms with E-state index in [-0.39, 0.29) is 5.56 Å². The zero-order valence-corrected chi connectivity index (χ0v) is 12.2. The fraction of sp³-hybridized carbons (Fsp3) is 0.733. The molecule has 2 atom stereocenters. The third kappa shape index (κ3) is 3.03. The molecule has 0 saturated carbocycles. The van der Waals surface area contributed by atoms with Gasteiger partial charge in [-0.15, -0.1) is 0 Å². The van der Waals surface area contributed by atoms with Crippen LogP contribution < -0.4 is 15.8 Å². The van der Waals surface area contributed by atoms with Crippen LogP contribution in [0.2, 0.25) is 0 Å². The summed E-state index contributed by atoms with van der Waals surface area (Å²) in [6.07, 6.45) is 6.68. The molecule has 1 N–H and O–H groups in total. The van der Waals surface area contributed by atoms with Crippen molar-refractivity contribution in [3.63, 3.8) is 0 Å². The summed E-state index contributed by atoms with van der Waals surface area (Å²) in [5.41, 5.74) is 1.01. The van der Waals surface area contributed by atoms with E-state index in [0.717, 1.165) is 31.7 Å². The molecule has 0 amide bonds. The second-order valence-corrected chi connectivity index (χ2v) is 6.22. The smallest absolute Gasteiger partial charge is 0.268 e. The van der Waals surface area contributed by atoms with E-state index in [1.54, 1.807) is 10.7 Å². The van der Waals surface area contributed by atoms with Crippen LogP contribution >= 0.6 is 0 Å². The summed E-state index contributed by atoms with van der Waals surface area (Å²) in [5, 5.41) is 7.77. The number of nitrogens with zero attached hydrogens (tertiary/aromatic N) is 3. The fourth-order valence-electron chi connectivity index (χ4n) is 3.28. The molecular weight excluding hydrogens is 252 g/mol. The maximum Gasteiger partial charge on any atom is 0.268 e. The van der Waals surface area contributed by atoms with Gasteiger partial charge in [-0.25, -0.2) is 4.68 Å². The Hall–Kier alpha value is -1.36. The first-order valence-corrected chi connectivity index (χ1v) is 7.78. The lowest BCUT2D eigenvalue weighted by Crippen LogP contribution is -2.37. The Labute approximate surface area is 120 Å². The molecule has 5 heteroatoms. The average Bonchev–Trinajstić information content (AvgIpc) is 2.94. The van der Waals surface area contributed by atoms with Gasteiger partial charge in [-0.3, -0.25) is 4.79 Å². The van der Waals surface area contributed by atoms with Crippen LogP contribution in [0, 0.1) is 5.92 Å². The molecule has 0 spiro atoms. The van der Waals surface area contributed by atoms with Crippen LogP contribution in [0.3, 0.4) is 0 Å². The molecule has 0 aromatic carbocycles. The molecule has 0 radical (unpaired) electrons. The van der Waals surface area contributed by atoms with Crippen LogP contribution in [0.25, 0.3) is 0 Å². The Morgan fingerprint density at radius 1 is 1.40 bits per heavy atom. The second kappa shape index (κ2) is 5.95. The molecule has 1 aromatic rings. The van der Waals surface area contributed by atoms with Crippen molar-refractivity contribution in [2.24, 2.45) is 5.92 Å². The lowest BCUT2D eigenvalue weighted by Gasteiger charge is -2.32. The van der Waals surface area contributed by atoms with Gasteiger partial charge in [0.25, 0.3) is 5.56 Å². The van der Waals surface area contributed by atoms with Crippen LogP contribution in [-0.4, -0.2) is 35.5 Å². The van der Waals surface area contributed by atoms with Crippen molar-refractivity contribution in [3.05, 3.63) is 22.6 Å². The van der Waals surface area contributed by atoms with Gasteiger partial charge < -0.3 is 10.2 Å². The third-order valence-electron chi connectivity index (χ3n) is 4.43. The monoisotopic (exact) mass is 276 g/mol. The maximum atomic E-state index is 12.2. The normalized spacial score (nSPS) is 26.9. The Kier molecular flexibility index (Phi) is 4.05. The summed E-state index contributed by atoms with van der Waals surface area (Å²) in [5.74, 6) is 0.703. The Morgan fingerprint density at radius 3 is 3.00 bits per heavy atom. The quantitative estimate of drug-likeness (QED) is 0.902. The van der Waals surface area contributed by atoms with Gasteiger partial charge in [0.15, 0.2) is 0 Å². The summed E-state index contributed by atoms with van der Waals surface area (Å²) >= 11 is 0. The number of aromatic nitrogens is 2. The SMILES string of the molecule is CC1CCCN(c2cnn(CC3CCCN3)c(=O)c2)C1. The molecule has 2 aliphatic heterocycles. The molecule has 20 heavy (non-hydrogen) atoms. The van der Waals surface area contributed by atoms with Crippen LogP contribution in [0.1, 0.15) is 32.6 Å². The van der Waals surface area contributed by atoms with Gasteiger partial charge in [-0.05, 0) is 38.1 Å². The summed E-state index contributed by atoms with van der Waals surface area (Å²) in [4.78, 5) is 14.5. The van der Waals surface area contributed by atoms with Gasteiger partial charge in [0.05, 0.1) is 18.4 Å². The third-order valence-corrected chi connectivity index (χ3v) is 4.43. The number of anilines is 1. The molecule has 3 heterocycles. The van der Waals surface area contributed by atoms with Crippen molar-refractivity contribution >= 4 is 5.69 Å². The van der Waals surface area contributed by atoms with Crippen molar-refractivity contribution in [2.45, 2.75) is 45.2 Å². The summed E-state index contributed by atoms with van der Waals surface area (Å²) in [7, 11) is 0. The minimum atomic E-state index is 0.0226. The first-order valence-electron chi connectivity index (χ1n) is 7.78. The van der Waals surface area contributed by atoms with E-state index < -0.39 is 0 Å².